The molecule has 0 amide bonds. The molecule has 4 aromatic rings. The SMILES string of the molecule is Cc1ccc(-n2[nH]c3c(cnc4cc(Br)ncc43)c2=O)cc1. The number of fused-ring (bicyclic) bond motifs is 3. The highest BCUT2D eigenvalue weighted by atomic mass is 79.9. The van der Waals surface area contributed by atoms with E-state index in [0.717, 1.165) is 27.7 Å². The van der Waals surface area contributed by atoms with Gasteiger partial charge in [-0.15, -0.1) is 0 Å². The first-order valence-corrected chi connectivity index (χ1v) is 7.55. The number of halogens is 1. The lowest BCUT2D eigenvalue weighted by atomic mass is 10.2. The molecule has 0 aliphatic carbocycles. The van der Waals surface area contributed by atoms with Gasteiger partial charge in [-0.25, -0.2) is 9.67 Å². The first-order chi connectivity index (χ1) is 10.6. The standard InChI is InChI=1S/C16H11BrN4O/c1-9-2-4-10(5-3-9)21-16(22)12-8-18-13-6-14(17)19-7-11(13)15(12)20-21/h2-8,20H,1H3. The van der Waals surface area contributed by atoms with Gasteiger partial charge in [-0.3, -0.25) is 14.9 Å². The molecule has 0 aliphatic heterocycles. The summed E-state index contributed by atoms with van der Waals surface area (Å²) in [6.45, 7) is 2.01. The van der Waals surface area contributed by atoms with Crippen LogP contribution in [0.2, 0.25) is 0 Å². The number of hydrogen-bond donors (Lipinski definition) is 1. The number of benzene rings is 1. The van der Waals surface area contributed by atoms with Gasteiger partial charge in [-0.1, -0.05) is 17.7 Å². The van der Waals surface area contributed by atoms with Crippen molar-refractivity contribution in [2.75, 3.05) is 0 Å². The molecule has 0 radical (unpaired) electrons. The van der Waals surface area contributed by atoms with E-state index < -0.39 is 0 Å². The maximum atomic E-state index is 12.6. The average molecular weight is 355 g/mol. The van der Waals surface area contributed by atoms with Gasteiger partial charge in [0.25, 0.3) is 5.56 Å². The van der Waals surface area contributed by atoms with Crippen LogP contribution in [0.5, 0.6) is 0 Å². The lowest BCUT2D eigenvalue weighted by Crippen LogP contribution is -2.14. The highest BCUT2D eigenvalue weighted by molar-refractivity contribution is 9.10. The molecule has 3 heterocycles. The molecule has 22 heavy (non-hydrogen) atoms. The van der Waals surface area contributed by atoms with Crippen LogP contribution in [0.3, 0.4) is 0 Å². The van der Waals surface area contributed by atoms with E-state index in [0.29, 0.717) is 9.99 Å². The maximum absolute atomic E-state index is 12.6. The highest BCUT2D eigenvalue weighted by Crippen LogP contribution is 2.22. The van der Waals surface area contributed by atoms with Crippen molar-refractivity contribution in [1.82, 2.24) is 19.7 Å². The first-order valence-electron chi connectivity index (χ1n) is 6.75. The lowest BCUT2D eigenvalue weighted by Gasteiger charge is -2.01. The normalized spacial score (nSPS) is 11.4. The molecule has 0 fully saturated rings. The Labute approximate surface area is 133 Å². The first kappa shape index (κ1) is 13.2. The van der Waals surface area contributed by atoms with Crippen LogP contribution in [-0.4, -0.2) is 19.7 Å². The molecule has 4 rings (SSSR count). The van der Waals surface area contributed by atoms with E-state index >= 15 is 0 Å². The Morgan fingerprint density at radius 2 is 1.82 bits per heavy atom. The third kappa shape index (κ3) is 1.95. The number of aromatic nitrogens is 4. The number of nitrogens with zero attached hydrogens (tertiary/aromatic N) is 3. The van der Waals surface area contributed by atoms with Gasteiger partial charge in [0.1, 0.15) is 4.60 Å². The Morgan fingerprint density at radius 3 is 2.59 bits per heavy atom. The van der Waals surface area contributed by atoms with Gasteiger partial charge >= 0.3 is 0 Å². The van der Waals surface area contributed by atoms with Crippen LogP contribution in [0.1, 0.15) is 5.56 Å². The van der Waals surface area contributed by atoms with E-state index in [-0.39, 0.29) is 5.56 Å². The molecule has 3 aromatic heterocycles. The van der Waals surface area contributed by atoms with Crippen molar-refractivity contribution in [2.45, 2.75) is 6.92 Å². The number of nitrogens with one attached hydrogen (secondary N) is 1. The zero-order valence-electron chi connectivity index (χ0n) is 11.7. The third-order valence-electron chi connectivity index (χ3n) is 3.67. The number of pyridine rings is 2. The molecular weight excluding hydrogens is 344 g/mol. The second-order valence-electron chi connectivity index (χ2n) is 5.16. The zero-order chi connectivity index (χ0) is 15.3. The molecule has 5 nitrogen and oxygen atoms in total. The minimum Gasteiger partial charge on any atom is -0.289 e. The van der Waals surface area contributed by atoms with E-state index in [1.165, 1.54) is 4.68 Å². The number of hydrogen-bond acceptors (Lipinski definition) is 3. The summed E-state index contributed by atoms with van der Waals surface area (Å²) in [5, 5.41) is 4.55. The summed E-state index contributed by atoms with van der Waals surface area (Å²) < 4.78 is 2.25. The Hall–Kier alpha value is -2.47. The monoisotopic (exact) mass is 354 g/mol. The number of aromatic amines is 1. The molecule has 1 N–H and O–H groups in total. The van der Waals surface area contributed by atoms with Crippen LogP contribution in [0.25, 0.3) is 27.5 Å². The maximum Gasteiger partial charge on any atom is 0.280 e. The summed E-state index contributed by atoms with van der Waals surface area (Å²) in [4.78, 5) is 21.2. The number of aryl methyl sites for hydroxylation is 1. The highest BCUT2D eigenvalue weighted by Gasteiger charge is 2.12. The van der Waals surface area contributed by atoms with Gasteiger partial charge in [0.05, 0.1) is 22.1 Å². The van der Waals surface area contributed by atoms with E-state index in [1.54, 1.807) is 12.4 Å². The summed E-state index contributed by atoms with van der Waals surface area (Å²) in [6.07, 6.45) is 3.32. The minimum absolute atomic E-state index is 0.115. The van der Waals surface area contributed by atoms with Crippen molar-refractivity contribution in [2.24, 2.45) is 0 Å². The zero-order valence-corrected chi connectivity index (χ0v) is 13.3. The Kier molecular flexibility index (Phi) is 2.87. The Bertz CT molecular complexity index is 1060. The van der Waals surface area contributed by atoms with Crippen LogP contribution in [0.4, 0.5) is 0 Å². The van der Waals surface area contributed by atoms with Gasteiger partial charge in [0.2, 0.25) is 0 Å². The predicted octanol–water partition coefficient (Wildman–Crippen LogP) is 3.33. The predicted molar refractivity (Wildman–Crippen MR) is 89.4 cm³/mol. The summed E-state index contributed by atoms with van der Waals surface area (Å²) in [5.41, 5.74) is 3.36. The van der Waals surface area contributed by atoms with E-state index in [2.05, 4.69) is 31.0 Å². The molecule has 108 valence electrons. The van der Waals surface area contributed by atoms with Crippen LogP contribution in [-0.2, 0) is 0 Å². The fourth-order valence-electron chi connectivity index (χ4n) is 2.50. The fourth-order valence-corrected chi connectivity index (χ4v) is 2.82. The van der Waals surface area contributed by atoms with Crippen LogP contribution < -0.4 is 5.56 Å². The van der Waals surface area contributed by atoms with Gasteiger partial charge in [-0.2, -0.15) is 0 Å². The number of rotatable bonds is 1. The fraction of sp³-hybridized carbons (Fsp3) is 0.0625. The van der Waals surface area contributed by atoms with Gasteiger partial charge in [-0.05, 0) is 41.1 Å². The van der Waals surface area contributed by atoms with Crippen molar-refractivity contribution in [1.29, 1.82) is 0 Å². The summed E-state index contributed by atoms with van der Waals surface area (Å²) in [6, 6.07) is 9.61. The lowest BCUT2D eigenvalue weighted by molar-refractivity contribution is 0.864. The van der Waals surface area contributed by atoms with Crippen molar-refractivity contribution in [3.05, 3.63) is 63.2 Å². The van der Waals surface area contributed by atoms with E-state index in [4.69, 9.17) is 0 Å². The second-order valence-corrected chi connectivity index (χ2v) is 5.97. The molecule has 0 atom stereocenters. The van der Waals surface area contributed by atoms with E-state index in [9.17, 15) is 4.79 Å². The molecule has 0 aliphatic rings. The molecular formula is C16H11BrN4O. The van der Waals surface area contributed by atoms with Gasteiger partial charge < -0.3 is 0 Å². The van der Waals surface area contributed by atoms with Gasteiger partial charge in [0.15, 0.2) is 0 Å². The van der Waals surface area contributed by atoms with Crippen molar-refractivity contribution >= 4 is 37.7 Å². The Balaban J connectivity index is 2.06. The topological polar surface area (TPSA) is 63.6 Å². The molecule has 1 aromatic carbocycles. The molecule has 0 bridgehead atoms. The summed E-state index contributed by atoms with van der Waals surface area (Å²) in [5.74, 6) is 0. The largest absolute Gasteiger partial charge is 0.289 e. The van der Waals surface area contributed by atoms with Gasteiger partial charge in [0, 0.05) is 17.8 Å². The second kappa shape index (κ2) is 4.78. The molecule has 0 saturated carbocycles. The summed E-state index contributed by atoms with van der Waals surface area (Å²) >= 11 is 3.33. The van der Waals surface area contributed by atoms with Crippen molar-refractivity contribution in [3.8, 4) is 5.69 Å². The van der Waals surface area contributed by atoms with Crippen LogP contribution in [0, 0.1) is 6.92 Å². The molecule has 0 spiro atoms. The minimum atomic E-state index is -0.115. The van der Waals surface area contributed by atoms with Crippen molar-refractivity contribution in [3.63, 3.8) is 0 Å². The Morgan fingerprint density at radius 1 is 1.09 bits per heavy atom. The van der Waals surface area contributed by atoms with Crippen LogP contribution in [0.15, 0.2) is 52.1 Å². The number of H-pyrrole nitrogens is 1. The molecule has 0 unspecified atom stereocenters. The van der Waals surface area contributed by atoms with Crippen molar-refractivity contribution < 1.29 is 0 Å². The summed E-state index contributed by atoms with van der Waals surface area (Å²) in [7, 11) is 0. The third-order valence-corrected chi connectivity index (χ3v) is 4.10. The quantitative estimate of drug-likeness (QED) is 0.533. The van der Waals surface area contributed by atoms with E-state index in [1.807, 2.05) is 37.3 Å². The average Bonchev–Trinajstić information content (AvgIpc) is 2.85. The molecule has 6 heteroatoms. The smallest absolute Gasteiger partial charge is 0.280 e. The van der Waals surface area contributed by atoms with Crippen LogP contribution >= 0.6 is 15.9 Å². The molecule has 0 saturated heterocycles.